The van der Waals surface area contributed by atoms with Gasteiger partial charge in [-0.25, -0.2) is 9.78 Å². The molecule has 6 heteroatoms. The fourth-order valence-corrected chi connectivity index (χ4v) is 2.31. The van der Waals surface area contributed by atoms with E-state index in [2.05, 4.69) is 20.6 Å². The molecule has 2 heterocycles. The molecule has 19 heavy (non-hydrogen) atoms. The first-order valence-electron chi connectivity index (χ1n) is 6.01. The zero-order valence-corrected chi connectivity index (χ0v) is 11.7. The fraction of sp³-hybridized carbons (Fsp3) is 0.308. The molecule has 5 nitrogen and oxygen atoms in total. The van der Waals surface area contributed by atoms with Crippen LogP contribution in [0.3, 0.4) is 0 Å². The van der Waals surface area contributed by atoms with Crippen molar-refractivity contribution in [1.29, 1.82) is 0 Å². The van der Waals surface area contributed by atoms with Gasteiger partial charge in [0.15, 0.2) is 0 Å². The van der Waals surface area contributed by atoms with Gasteiger partial charge in [0.2, 0.25) is 0 Å². The molecule has 0 aliphatic rings. The van der Waals surface area contributed by atoms with Gasteiger partial charge in [0, 0.05) is 17.3 Å². The van der Waals surface area contributed by atoms with Crippen molar-refractivity contribution in [1.82, 2.24) is 20.6 Å². The zero-order chi connectivity index (χ0) is 13.7. The Balaban J connectivity index is 1.81. The van der Waals surface area contributed by atoms with Crippen LogP contribution in [0.4, 0.5) is 4.79 Å². The van der Waals surface area contributed by atoms with Crippen molar-refractivity contribution < 1.29 is 4.79 Å². The van der Waals surface area contributed by atoms with Gasteiger partial charge in [0.25, 0.3) is 0 Å². The van der Waals surface area contributed by atoms with Crippen molar-refractivity contribution in [3.8, 4) is 0 Å². The molecule has 0 aliphatic carbocycles. The van der Waals surface area contributed by atoms with E-state index in [0.717, 1.165) is 16.4 Å². The molecule has 2 N–H and O–H groups in total. The van der Waals surface area contributed by atoms with Gasteiger partial charge in [-0.2, -0.15) is 0 Å². The number of carbonyl (C=O) groups excluding carboxylic acids is 1. The molecule has 0 fully saturated rings. The summed E-state index contributed by atoms with van der Waals surface area (Å²) in [5.74, 6) is 0. The molecule has 0 unspecified atom stereocenters. The van der Waals surface area contributed by atoms with E-state index in [9.17, 15) is 4.79 Å². The highest BCUT2D eigenvalue weighted by Gasteiger charge is 2.10. The van der Waals surface area contributed by atoms with Crippen molar-refractivity contribution in [2.24, 2.45) is 0 Å². The van der Waals surface area contributed by atoms with E-state index >= 15 is 0 Å². The Morgan fingerprint density at radius 2 is 2.32 bits per heavy atom. The molecule has 0 aliphatic heterocycles. The average molecular weight is 276 g/mol. The molecule has 0 saturated heterocycles. The summed E-state index contributed by atoms with van der Waals surface area (Å²) < 4.78 is 0. The number of nitrogens with zero attached hydrogens (tertiary/aromatic N) is 2. The molecule has 2 rings (SSSR count). The van der Waals surface area contributed by atoms with Gasteiger partial charge in [-0.3, -0.25) is 4.98 Å². The van der Waals surface area contributed by atoms with Gasteiger partial charge in [-0.1, -0.05) is 6.07 Å². The first kappa shape index (κ1) is 13.5. The second-order valence-corrected chi connectivity index (χ2v) is 5.13. The molecule has 0 radical (unpaired) electrons. The Morgan fingerprint density at radius 1 is 1.47 bits per heavy atom. The van der Waals surface area contributed by atoms with Crippen LogP contribution in [0.25, 0.3) is 0 Å². The molecule has 2 aromatic heterocycles. The van der Waals surface area contributed by atoms with Crippen LogP contribution < -0.4 is 10.6 Å². The third-order valence-corrected chi connectivity index (χ3v) is 3.51. The van der Waals surface area contributed by atoms with Crippen LogP contribution in [-0.2, 0) is 6.54 Å². The van der Waals surface area contributed by atoms with Crippen molar-refractivity contribution in [2.75, 3.05) is 0 Å². The largest absolute Gasteiger partial charge is 0.332 e. The molecule has 0 aromatic carbocycles. The molecule has 1 atom stereocenters. The number of aromatic nitrogens is 2. The summed E-state index contributed by atoms with van der Waals surface area (Å²) in [4.78, 5) is 20.2. The summed E-state index contributed by atoms with van der Waals surface area (Å²) in [6, 6.07) is 5.29. The van der Waals surface area contributed by atoms with E-state index in [-0.39, 0.29) is 12.1 Å². The maximum atomic E-state index is 11.7. The van der Waals surface area contributed by atoms with Gasteiger partial charge in [0.1, 0.15) is 5.01 Å². The minimum Gasteiger partial charge on any atom is -0.332 e. The Kier molecular flexibility index (Phi) is 4.46. The maximum Gasteiger partial charge on any atom is 0.315 e. The van der Waals surface area contributed by atoms with Crippen LogP contribution in [0.1, 0.15) is 29.4 Å². The number of amides is 2. The fourth-order valence-electron chi connectivity index (χ4n) is 1.59. The Bertz CT molecular complexity index is 541. The third kappa shape index (κ3) is 4.03. The summed E-state index contributed by atoms with van der Waals surface area (Å²) in [5, 5.41) is 8.49. The highest BCUT2D eigenvalue weighted by atomic mass is 32.1. The van der Waals surface area contributed by atoms with Gasteiger partial charge >= 0.3 is 6.03 Å². The smallest absolute Gasteiger partial charge is 0.315 e. The van der Waals surface area contributed by atoms with Gasteiger partial charge in [-0.15, -0.1) is 11.3 Å². The van der Waals surface area contributed by atoms with Crippen LogP contribution in [0.2, 0.25) is 0 Å². The molecule has 100 valence electrons. The van der Waals surface area contributed by atoms with E-state index in [1.807, 2.05) is 37.4 Å². The van der Waals surface area contributed by atoms with Crippen LogP contribution in [0.5, 0.6) is 0 Å². The minimum absolute atomic E-state index is 0.126. The van der Waals surface area contributed by atoms with Gasteiger partial charge < -0.3 is 10.6 Å². The van der Waals surface area contributed by atoms with Crippen molar-refractivity contribution in [2.45, 2.75) is 26.4 Å². The summed E-state index contributed by atoms with van der Waals surface area (Å²) in [6.45, 7) is 4.28. The highest BCUT2D eigenvalue weighted by molar-refractivity contribution is 7.09. The number of nitrogens with one attached hydrogen (secondary N) is 2. The second-order valence-electron chi connectivity index (χ2n) is 4.19. The van der Waals surface area contributed by atoms with E-state index in [4.69, 9.17) is 0 Å². The first-order chi connectivity index (χ1) is 9.15. The zero-order valence-electron chi connectivity index (χ0n) is 10.9. The normalized spacial score (nSPS) is 11.9. The lowest BCUT2D eigenvalue weighted by Gasteiger charge is -2.13. The van der Waals surface area contributed by atoms with Crippen LogP contribution in [0.15, 0.2) is 29.8 Å². The predicted molar refractivity (Wildman–Crippen MR) is 74.9 cm³/mol. The molecular formula is C13H16N4OS. The van der Waals surface area contributed by atoms with E-state index < -0.39 is 0 Å². The maximum absolute atomic E-state index is 11.7. The first-order valence-corrected chi connectivity index (χ1v) is 6.89. The number of urea groups is 1. The lowest BCUT2D eigenvalue weighted by atomic mass is 10.2. The quantitative estimate of drug-likeness (QED) is 0.901. The number of thiazole rings is 1. The number of aryl methyl sites for hydroxylation is 1. The highest BCUT2D eigenvalue weighted by Crippen LogP contribution is 2.09. The lowest BCUT2D eigenvalue weighted by Crippen LogP contribution is -2.36. The Labute approximate surface area is 116 Å². The number of carbonyl (C=O) groups is 1. The second kappa shape index (κ2) is 6.29. The van der Waals surface area contributed by atoms with Gasteiger partial charge in [0.05, 0.1) is 18.3 Å². The topological polar surface area (TPSA) is 66.9 Å². The van der Waals surface area contributed by atoms with E-state index in [1.54, 1.807) is 17.5 Å². The molecule has 2 aromatic rings. The van der Waals surface area contributed by atoms with Crippen molar-refractivity contribution >= 4 is 17.4 Å². The summed E-state index contributed by atoms with van der Waals surface area (Å²) >= 11 is 1.54. The van der Waals surface area contributed by atoms with Crippen LogP contribution >= 0.6 is 11.3 Å². The van der Waals surface area contributed by atoms with E-state index in [0.29, 0.717) is 6.54 Å². The molecule has 0 bridgehead atoms. The Morgan fingerprint density at radius 3 is 2.95 bits per heavy atom. The predicted octanol–water partition coefficient (Wildman–Crippen LogP) is 2.41. The van der Waals surface area contributed by atoms with Gasteiger partial charge in [-0.05, 0) is 26.0 Å². The third-order valence-electron chi connectivity index (χ3n) is 2.55. The van der Waals surface area contributed by atoms with Crippen molar-refractivity contribution in [3.63, 3.8) is 0 Å². The Hall–Kier alpha value is -1.95. The summed E-state index contributed by atoms with van der Waals surface area (Å²) in [7, 11) is 0. The number of hydrogen-bond donors (Lipinski definition) is 2. The van der Waals surface area contributed by atoms with Crippen LogP contribution in [-0.4, -0.2) is 16.0 Å². The number of rotatable bonds is 4. The van der Waals surface area contributed by atoms with E-state index in [1.165, 1.54) is 0 Å². The minimum atomic E-state index is -0.217. The molecule has 0 saturated carbocycles. The lowest BCUT2D eigenvalue weighted by molar-refractivity contribution is 0.237. The average Bonchev–Trinajstić information content (AvgIpc) is 2.83. The monoisotopic (exact) mass is 276 g/mol. The summed E-state index contributed by atoms with van der Waals surface area (Å²) in [5.41, 5.74) is 1.81. The SMILES string of the molecule is Cc1csc(CNC(=O)N[C@@H](C)c2ccccn2)n1. The standard InChI is InChI=1S/C13H16N4OS/c1-9-8-19-12(16-9)7-15-13(18)17-10(2)11-5-3-4-6-14-11/h3-6,8,10H,7H2,1-2H3,(H2,15,17,18)/t10-/m0/s1. The number of hydrogen-bond acceptors (Lipinski definition) is 4. The molecular weight excluding hydrogens is 260 g/mol. The van der Waals surface area contributed by atoms with Crippen molar-refractivity contribution in [3.05, 3.63) is 46.2 Å². The summed E-state index contributed by atoms with van der Waals surface area (Å²) in [6.07, 6.45) is 1.71. The molecule has 2 amide bonds. The molecule has 0 spiro atoms. The van der Waals surface area contributed by atoms with Crippen LogP contribution in [0, 0.1) is 6.92 Å². The number of pyridine rings is 1.